The van der Waals surface area contributed by atoms with Gasteiger partial charge in [-0.15, -0.1) is 0 Å². The molecular weight excluding hydrogens is 268 g/mol. The van der Waals surface area contributed by atoms with Crippen molar-refractivity contribution in [2.45, 2.75) is 13.0 Å². The minimum Gasteiger partial charge on any atom is -0.493 e. The molecule has 2 rings (SSSR count). The van der Waals surface area contributed by atoms with E-state index < -0.39 is 12.0 Å². The number of methoxy groups -OCH3 is 1. The average molecular weight is 286 g/mol. The highest BCUT2D eigenvalue weighted by atomic mass is 16.5. The summed E-state index contributed by atoms with van der Waals surface area (Å²) in [5.41, 5.74) is 3.88. The van der Waals surface area contributed by atoms with Crippen LogP contribution < -0.4 is 20.7 Å². The summed E-state index contributed by atoms with van der Waals surface area (Å²) >= 11 is 0. The maximum absolute atomic E-state index is 12.0. The highest BCUT2D eigenvalue weighted by Crippen LogP contribution is 2.32. The van der Waals surface area contributed by atoms with Crippen LogP contribution in [0, 0.1) is 6.92 Å². The fourth-order valence-electron chi connectivity index (χ4n) is 1.98. The standard InChI is InChI=1S/C16H18N2O3/c1-11-8-9-13(14(10-11)20-2)21-15(16(19)18-17)12-6-4-3-5-7-12/h3-10,15H,17H2,1-2H3,(H,18,19). The quantitative estimate of drug-likeness (QED) is 0.501. The Balaban J connectivity index is 2.34. The van der Waals surface area contributed by atoms with Gasteiger partial charge in [0.15, 0.2) is 11.5 Å². The van der Waals surface area contributed by atoms with Crippen LogP contribution in [0.3, 0.4) is 0 Å². The number of ether oxygens (including phenoxy) is 2. The first-order chi connectivity index (χ1) is 10.2. The van der Waals surface area contributed by atoms with Gasteiger partial charge in [-0.05, 0) is 24.6 Å². The molecule has 5 heteroatoms. The molecule has 0 spiro atoms. The van der Waals surface area contributed by atoms with Gasteiger partial charge in [0.1, 0.15) is 0 Å². The minimum absolute atomic E-state index is 0.427. The van der Waals surface area contributed by atoms with E-state index in [-0.39, 0.29) is 0 Å². The third-order valence-corrected chi connectivity index (χ3v) is 3.05. The van der Waals surface area contributed by atoms with Crippen LogP contribution in [0.15, 0.2) is 48.5 Å². The Kier molecular flexibility index (Phi) is 4.79. The van der Waals surface area contributed by atoms with Crippen LogP contribution in [0.25, 0.3) is 0 Å². The molecular formula is C16H18N2O3. The molecule has 110 valence electrons. The SMILES string of the molecule is COc1cc(C)ccc1OC(C(=O)NN)c1ccccc1. The fourth-order valence-corrected chi connectivity index (χ4v) is 1.98. The molecule has 2 aromatic carbocycles. The molecule has 0 aromatic heterocycles. The van der Waals surface area contributed by atoms with Gasteiger partial charge in [0, 0.05) is 5.56 Å². The average Bonchev–Trinajstić information content (AvgIpc) is 2.53. The number of hydrogen-bond donors (Lipinski definition) is 2. The Morgan fingerprint density at radius 1 is 1.14 bits per heavy atom. The van der Waals surface area contributed by atoms with E-state index in [1.807, 2.05) is 37.3 Å². The first-order valence-electron chi connectivity index (χ1n) is 6.52. The van der Waals surface area contributed by atoms with Crippen molar-refractivity contribution in [2.75, 3.05) is 7.11 Å². The van der Waals surface area contributed by atoms with Crippen LogP contribution in [0.5, 0.6) is 11.5 Å². The summed E-state index contributed by atoms with van der Waals surface area (Å²) in [6.45, 7) is 1.95. The maximum atomic E-state index is 12.0. The smallest absolute Gasteiger partial charge is 0.279 e. The van der Waals surface area contributed by atoms with Gasteiger partial charge in [0.05, 0.1) is 7.11 Å². The van der Waals surface area contributed by atoms with Gasteiger partial charge in [-0.3, -0.25) is 10.2 Å². The molecule has 0 aliphatic carbocycles. The Morgan fingerprint density at radius 3 is 2.48 bits per heavy atom. The third kappa shape index (κ3) is 3.52. The summed E-state index contributed by atoms with van der Waals surface area (Å²) in [6, 6.07) is 14.7. The molecule has 0 radical (unpaired) electrons. The van der Waals surface area contributed by atoms with Crippen LogP contribution in [0.2, 0.25) is 0 Å². The van der Waals surface area contributed by atoms with E-state index in [1.165, 1.54) is 0 Å². The first-order valence-corrected chi connectivity index (χ1v) is 6.52. The van der Waals surface area contributed by atoms with Crippen LogP contribution in [0.4, 0.5) is 0 Å². The van der Waals surface area contributed by atoms with E-state index in [9.17, 15) is 4.79 Å². The van der Waals surface area contributed by atoms with Gasteiger partial charge in [-0.1, -0.05) is 36.4 Å². The number of hydrogen-bond acceptors (Lipinski definition) is 4. The first kappa shape index (κ1) is 14.9. The molecule has 3 N–H and O–H groups in total. The second kappa shape index (κ2) is 6.76. The summed E-state index contributed by atoms with van der Waals surface area (Å²) in [6.07, 6.45) is -0.840. The summed E-state index contributed by atoms with van der Waals surface area (Å²) in [4.78, 5) is 12.0. The molecule has 0 fully saturated rings. The molecule has 1 atom stereocenters. The number of carbonyl (C=O) groups excluding carboxylic acids is 1. The van der Waals surface area contributed by atoms with Crippen molar-refractivity contribution < 1.29 is 14.3 Å². The molecule has 0 heterocycles. The lowest BCUT2D eigenvalue weighted by Gasteiger charge is -2.19. The predicted octanol–water partition coefficient (Wildman–Crippen LogP) is 2.11. The van der Waals surface area contributed by atoms with Crippen molar-refractivity contribution in [1.82, 2.24) is 5.43 Å². The molecule has 21 heavy (non-hydrogen) atoms. The number of nitrogens with two attached hydrogens (primary N) is 1. The molecule has 0 bridgehead atoms. The monoisotopic (exact) mass is 286 g/mol. The van der Waals surface area contributed by atoms with Crippen LogP contribution in [-0.4, -0.2) is 13.0 Å². The van der Waals surface area contributed by atoms with Crippen molar-refractivity contribution in [3.63, 3.8) is 0 Å². The van der Waals surface area contributed by atoms with Crippen molar-refractivity contribution >= 4 is 5.91 Å². The lowest BCUT2D eigenvalue weighted by atomic mass is 10.1. The van der Waals surface area contributed by atoms with Gasteiger partial charge in [0.2, 0.25) is 6.10 Å². The number of nitrogens with one attached hydrogen (secondary N) is 1. The minimum atomic E-state index is -0.840. The highest BCUT2D eigenvalue weighted by Gasteiger charge is 2.23. The van der Waals surface area contributed by atoms with Crippen molar-refractivity contribution in [3.8, 4) is 11.5 Å². The van der Waals surface area contributed by atoms with Gasteiger partial charge in [-0.25, -0.2) is 5.84 Å². The van der Waals surface area contributed by atoms with Crippen molar-refractivity contribution in [3.05, 3.63) is 59.7 Å². The number of amides is 1. The largest absolute Gasteiger partial charge is 0.493 e. The molecule has 1 unspecified atom stereocenters. The van der Waals surface area contributed by atoms with E-state index in [1.54, 1.807) is 25.3 Å². The molecule has 0 aliphatic rings. The zero-order valence-electron chi connectivity index (χ0n) is 12.0. The number of hydrazine groups is 1. The van der Waals surface area contributed by atoms with Gasteiger partial charge in [0.25, 0.3) is 5.91 Å². The second-order valence-corrected chi connectivity index (χ2v) is 4.57. The van der Waals surface area contributed by atoms with E-state index in [0.717, 1.165) is 5.56 Å². The summed E-state index contributed by atoms with van der Waals surface area (Å²) in [7, 11) is 1.56. The fraction of sp³-hybridized carbons (Fsp3) is 0.188. The van der Waals surface area contributed by atoms with Crippen LogP contribution >= 0.6 is 0 Å². The maximum Gasteiger partial charge on any atom is 0.279 e. The summed E-state index contributed by atoms with van der Waals surface area (Å²) in [5, 5.41) is 0. The summed E-state index contributed by atoms with van der Waals surface area (Å²) < 4.78 is 11.1. The molecule has 0 aliphatic heterocycles. The molecule has 5 nitrogen and oxygen atoms in total. The normalized spacial score (nSPS) is 11.6. The number of carbonyl (C=O) groups is 1. The zero-order chi connectivity index (χ0) is 15.2. The Hall–Kier alpha value is -2.53. The number of aryl methyl sites for hydroxylation is 1. The van der Waals surface area contributed by atoms with E-state index in [0.29, 0.717) is 17.1 Å². The molecule has 1 amide bonds. The lowest BCUT2D eigenvalue weighted by Crippen LogP contribution is -2.37. The van der Waals surface area contributed by atoms with Gasteiger partial charge in [-0.2, -0.15) is 0 Å². The van der Waals surface area contributed by atoms with Crippen molar-refractivity contribution in [1.29, 1.82) is 0 Å². The Bertz CT molecular complexity index is 614. The van der Waals surface area contributed by atoms with Gasteiger partial charge < -0.3 is 9.47 Å². The zero-order valence-corrected chi connectivity index (χ0v) is 12.0. The number of rotatable bonds is 5. The molecule has 2 aromatic rings. The number of benzene rings is 2. The van der Waals surface area contributed by atoms with Gasteiger partial charge >= 0.3 is 0 Å². The predicted molar refractivity (Wildman–Crippen MR) is 79.9 cm³/mol. The summed E-state index contributed by atoms with van der Waals surface area (Å²) in [5.74, 6) is 5.88. The van der Waals surface area contributed by atoms with Crippen LogP contribution in [0.1, 0.15) is 17.2 Å². The van der Waals surface area contributed by atoms with E-state index in [4.69, 9.17) is 15.3 Å². The molecule has 0 saturated carbocycles. The third-order valence-electron chi connectivity index (χ3n) is 3.05. The van der Waals surface area contributed by atoms with Crippen LogP contribution in [-0.2, 0) is 4.79 Å². The van der Waals surface area contributed by atoms with E-state index >= 15 is 0 Å². The second-order valence-electron chi connectivity index (χ2n) is 4.57. The van der Waals surface area contributed by atoms with E-state index in [2.05, 4.69) is 5.43 Å². The topological polar surface area (TPSA) is 73.6 Å². The molecule has 0 saturated heterocycles. The highest BCUT2D eigenvalue weighted by molar-refractivity contribution is 5.82. The van der Waals surface area contributed by atoms with Crippen molar-refractivity contribution in [2.24, 2.45) is 5.84 Å². The Labute approximate surface area is 123 Å². The lowest BCUT2D eigenvalue weighted by molar-refractivity contribution is -0.128. The Morgan fingerprint density at radius 2 is 1.86 bits per heavy atom.